The van der Waals surface area contributed by atoms with Gasteiger partial charge in [-0.05, 0) is 6.92 Å². The first-order valence-corrected chi connectivity index (χ1v) is 2.64. The minimum atomic E-state index is -0.529. The molecule has 0 aromatic rings. The fourth-order valence-corrected chi connectivity index (χ4v) is 0.112. The van der Waals surface area contributed by atoms with Crippen molar-refractivity contribution < 1.29 is 8.98 Å². The summed E-state index contributed by atoms with van der Waals surface area (Å²) in [6.45, 7) is 8.36. The lowest BCUT2D eigenvalue weighted by Crippen LogP contribution is -1.86. The van der Waals surface area contributed by atoms with Crippen LogP contribution in [0.15, 0.2) is 25.3 Å². The first-order chi connectivity index (χ1) is 4.22. The summed E-state index contributed by atoms with van der Waals surface area (Å²) in [5, 5.41) is 0. The Hall–Kier alpha value is -0.700. The molecular weight excluding hydrogens is 136 g/mol. The van der Waals surface area contributed by atoms with Crippen molar-refractivity contribution in [3.8, 4) is 0 Å². The van der Waals surface area contributed by atoms with Crippen molar-refractivity contribution in [2.45, 2.75) is 6.92 Å². The highest BCUT2D eigenvalue weighted by molar-refractivity contribution is 7.75. The molecule has 52 valence electrons. The molecule has 0 aliphatic carbocycles. The molecule has 2 nitrogen and oxygen atoms in total. The zero-order valence-corrected chi connectivity index (χ0v) is 6.23. The largest absolute Gasteiger partial charge is 0.391 e. The fraction of sp³-hybridized carbons (Fsp3) is 0.167. The van der Waals surface area contributed by atoms with Crippen molar-refractivity contribution in [1.82, 2.24) is 0 Å². The van der Waals surface area contributed by atoms with Crippen LogP contribution in [0.4, 0.5) is 0 Å². The molecule has 0 atom stereocenters. The first kappa shape index (κ1) is 11.1. The maximum Gasteiger partial charge on any atom is 0.341 e. The van der Waals surface area contributed by atoms with Gasteiger partial charge < -0.3 is 4.18 Å². The van der Waals surface area contributed by atoms with E-state index in [-0.39, 0.29) is 0 Å². The van der Waals surface area contributed by atoms with Gasteiger partial charge in [0.2, 0.25) is 0 Å². The van der Waals surface area contributed by atoms with Crippen molar-refractivity contribution in [3.63, 3.8) is 0 Å². The van der Waals surface area contributed by atoms with Crippen molar-refractivity contribution in [3.05, 3.63) is 25.3 Å². The van der Waals surface area contributed by atoms with Crippen molar-refractivity contribution in [1.29, 1.82) is 0 Å². The van der Waals surface area contributed by atoms with Gasteiger partial charge >= 0.3 is 5.97 Å². The van der Waals surface area contributed by atoms with E-state index < -0.39 is 5.97 Å². The summed E-state index contributed by atoms with van der Waals surface area (Å²) in [5.74, 6) is -0.529. The summed E-state index contributed by atoms with van der Waals surface area (Å²) >= 11 is 3.17. The van der Waals surface area contributed by atoms with E-state index in [2.05, 4.69) is 30.3 Å². The second-order valence-electron chi connectivity index (χ2n) is 1.02. The van der Waals surface area contributed by atoms with E-state index in [1.165, 1.54) is 0 Å². The van der Waals surface area contributed by atoms with Crippen molar-refractivity contribution in [2.75, 3.05) is 0 Å². The van der Waals surface area contributed by atoms with Gasteiger partial charge in [0.1, 0.15) is 0 Å². The highest BCUT2D eigenvalue weighted by atomic mass is 32.1. The van der Waals surface area contributed by atoms with Crippen LogP contribution in [0.3, 0.4) is 0 Å². The van der Waals surface area contributed by atoms with Gasteiger partial charge in [0.25, 0.3) is 0 Å². The molecular formula is C6H10O2S. The van der Waals surface area contributed by atoms with Gasteiger partial charge in [-0.25, -0.2) is 4.79 Å². The molecule has 0 amide bonds. The Bertz CT molecular complexity index is 99.2. The second-order valence-corrected chi connectivity index (χ2v) is 1.21. The molecule has 0 aromatic carbocycles. The topological polar surface area (TPSA) is 26.3 Å². The van der Waals surface area contributed by atoms with Crippen LogP contribution in [0.2, 0.25) is 0 Å². The molecule has 9 heavy (non-hydrogen) atoms. The van der Waals surface area contributed by atoms with Crippen LogP contribution in [0.25, 0.3) is 0 Å². The Labute approximate surface area is 60.8 Å². The molecule has 0 heterocycles. The summed E-state index contributed by atoms with van der Waals surface area (Å²) in [6.07, 6.45) is 2.78. The second kappa shape index (κ2) is 10.3. The number of hydrogen-bond acceptors (Lipinski definition) is 3. The van der Waals surface area contributed by atoms with E-state index in [4.69, 9.17) is 0 Å². The maximum absolute atomic E-state index is 9.76. The number of carbonyl (C=O) groups is 1. The number of thiol groups is 1. The third-order valence-electron chi connectivity index (χ3n) is 0.257. The van der Waals surface area contributed by atoms with Gasteiger partial charge in [-0.1, -0.05) is 12.7 Å². The third kappa shape index (κ3) is 18.8. The molecule has 0 N–H and O–H groups in total. The number of carbonyl (C=O) groups excluding carboxylic acids is 1. The van der Waals surface area contributed by atoms with Gasteiger partial charge in [-0.15, -0.1) is 6.58 Å². The molecule has 3 heteroatoms. The van der Waals surface area contributed by atoms with Crippen molar-refractivity contribution >= 4 is 18.9 Å². The maximum atomic E-state index is 9.76. The first-order valence-electron chi connectivity index (χ1n) is 2.27. The van der Waals surface area contributed by atoms with Gasteiger partial charge in [-0.3, -0.25) is 0 Å². The summed E-state index contributed by atoms with van der Waals surface area (Å²) in [7, 11) is 0. The van der Waals surface area contributed by atoms with Crippen LogP contribution in [0.5, 0.6) is 0 Å². The lowest BCUT2D eigenvalue weighted by Gasteiger charge is -1.80. The smallest absolute Gasteiger partial charge is 0.341 e. The number of hydrogen-bond donors (Lipinski definition) is 1. The van der Waals surface area contributed by atoms with Crippen LogP contribution < -0.4 is 0 Å². The standard InChI is InChI=1S/C3H4O2S.C3H6/c1-2-3(4)5-6;1-3-2/h2,6H,1H2;3H,1H2,2H3. The van der Waals surface area contributed by atoms with E-state index in [0.29, 0.717) is 0 Å². The Morgan fingerprint density at radius 1 is 1.67 bits per heavy atom. The highest BCUT2D eigenvalue weighted by Crippen LogP contribution is 1.78. The van der Waals surface area contributed by atoms with E-state index in [1.807, 2.05) is 6.92 Å². The average molecular weight is 146 g/mol. The van der Waals surface area contributed by atoms with Gasteiger partial charge in [0.05, 0.1) is 0 Å². The summed E-state index contributed by atoms with van der Waals surface area (Å²) in [5.41, 5.74) is 0. The van der Waals surface area contributed by atoms with Gasteiger partial charge in [0.15, 0.2) is 0 Å². The Kier molecular flexibility index (Phi) is 12.8. The van der Waals surface area contributed by atoms with E-state index in [1.54, 1.807) is 6.08 Å². The van der Waals surface area contributed by atoms with Crippen LogP contribution in [-0.2, 0) is 8.98 Å². The molecule has 0 aromatic heterocycles. The summed E-state index contributed by atoms with van der Waals surface area (Å²) < 4.78 is 3.84. The van der Waals surface area contributed by atoms with E-state index in [9.17, 15) is 4.79 Å². The predicted molar refractivity (Wildman–Crippen MR) is 41.1 cm³/mol. The lowest BCUT2D eigenvalue weighted by molar-refractivity contribution is -0.127. The monoisotopic (exact) mass is 146 g/mol. The van der Waals surface area contributed by atoms with Crippen LogP contribution >= 0.6 is 12.9 Å². The molecule has 0 saturated carbocycles. The zero-order valence-electron chi connectivity index (χ0n) is 5.33. The molecule has 0 spiro atoms. The average Bonchev–Trinajstić information content (AvgIpc) is 1.88. The van der Waals surface area contributed by atoms with E-state index in [0.717, 1.165) is 6.08 Å². The molecule has 0 rings (SSSR count). The Morgan fingerprint density at radius 3 is 2.00 bits per heavy atom. The SMILES string of the molecule is C=CC.C=CC(=O)OS. The van der Waals surface area contributed by atoms with Crippen molar-refractivity contribution in [2.24, 2.45) is 0 Å². The fourth-order valence-electron chi connectivity index (χ4n) is 0.0373. The normalized spacial score (nSPS) is 6.00. The quantitative estimate of drug-likeness (QED) is 0.264. The Morgan fingerprint density at radius 2 is 2.00 bits per heavy atom. The summed E-state index contributed by atoms with van der Waals surface area (Å²) in [4.78, 5) is 9.76. The molecule has 0 aliphatic heterocycles. The molecule has 0 radical (unpaired) electrons. The molecule has 0 unspecified atom stereocenters. The van der Waals surface area contributed by atoms with Crippen LogP contribution in [0, 0.1) is 0 Å². The molecule has 0 saturated heterocycles. The highest BCUT2D eigenvalue weighted by Gasteiger charge is 1.83. The Balaban J connectivity index is 0. The van der Waals surface area contributed by atoms with Gasteiger partial charge in [-0.2, -0.15) is 0 Å². The van der Waals surface area contributed by atoms with Crippen LogP contribution in [-0.4, -0.2) is 5.97 Å². The summed E-state index contributed by atoms with van der Waals surface area (Å²) in [6, 6.07) is 0. The molecule has 0 bridgehead atoms. The van der Waals surface area contributed by atoms with Crippen LogP contribution in [0.1, 0.15) is 6.92 Å². The minimum absolute atomic E-state index is 0.529. The third-order valence-corrected chi connectivity index (χ3v) is 0.437. The number of rotatable bonds is 1. The molecule has 0 aliphatic rings. The number of allylic oxidation sites excluding steroid dienone is 1. The zero-order chi connectivity index (χ0) is 7.70. The molecule has 0 fully saturated rings. The lowest BCUT2D eigenvalue weighted by atomic mass is 10.7. The van der Waals surface area contributed by atoms with Gasteiger partial charge in [0, 0.05) is 19.0 Å². The van der Waals surface area contributed by atoms with E-state index >= 15 is 0 Å². The predicted octanol–water partition coefficient (Wildman–Crippen LogP) is 1.75. The minimum Gasteiger partial charge on any atom is -0.391 e.